The number of benzene rings is 1. The number of ether oxygens (including phenoxy) is 1. The average molecular weight is 264 g/mol. The van der Waals surface area contributed by atoms with Gasteiger partial charge in [-0.1, -0.05) is 6.07 Å². The fourth-order valence-electron chi connectivity index (χ4n) is 1.94. The van der Waals surface area contributed by atoms with Crippen LogP contribution in [-0.4, -0.2) is 19.1 Å². The van der Waals surface area contributed by atoms with Crippen molar-refractivity contribution >= 4 is 0 Å². The lowest BCUT2D eigenvalue weighted by atomic mass is 9.99. The van der Waals surface area contributed by atoms with Gasteiger partial charge in [0.25, 0.3) is 0 Å². The van der Waals surface area contributed by atoms with Crippen molar-refractivity contribution in [2.75, 3.05) is 14.2 Å². The van der Waals surface area contributed by atoms with Crippen LogP contribution in [-0.2, 0) is 0 Å². The highest BCUT2D eigenvalue weighted by atomic mass is 19.1. The minimum atomic E-state index is -0.597. The predicted molar refractivity (Wildman–Crippen MR) is 68.0 cm³/mol. The molecule has 5 heteroatoms. The summed E-state index contributed by atoms with van der Waals surface area (Å²) in [6.45, 7) is 0. The molecule has 1 atom stereocenters. The number of methoxy groups -OCH3 is 1. The van der Waals surface area contributed by atoms with Crippen molar-refractivity contribution in [1.82, 2.24) is 10.3 Å². The topological polar surface area (TPSA) is 34.2 Å². The van der Waals surface area contributed by atoms with Gasteiger partial charge in [-0.2, -0.15) is 0 Å². The highest BCUT2D eigenvalue weighted by Gasteiger charge is 2.17. The molecule has 1 aromatic carbocycles. The smallest absolute Gasteiger partial charge is 0.137 e. The van der Waals surface area contributed by atoms with Gasteiger partial charge in [0.15, 0.2) is 0 Å². The largest absolute Gasteiger partial charge is 0.495 e. The monoisotopic (exact) mass is 264 g/mol. The van der Waals surface area contributed by atoms with E-state index in [2.05, 4.69) is 10.3 Å². The molecular weight excluding hydrogens is 250 g/mol. The first kappa shape index (κ1) is 13.4. The van der Waals surface area contributed by atoms with Gasteiger partial charge in [-0.05, 0) is 24.7 Å². The maximum atomic E-state index is 13.8. The van der Waals surface area contributed by atoms with E-state index < -0.39 is 17.7 Å². The fourth-order valence-corrected chi connectivity index (χ4v) is 1.94. The maximum Gasteiger partial charge on any atom is 0.137 e. The summed E-state index contributed by atoms with van der Waals surface area (Å²) < 4.78 is 31.9. The highest BCUT2D eigenvalue weighted by Crippen LogP contribution is 2.26. The van der Waals surface area contributed by atoms with Crippen LogP contribution in [0.5, 0.6) is 5.75 Å². The van der Waals surface area contributed by atoms with Gasteiger partial charge in [-0.25, -0.2) is 8.78 Å². The molecule has 0 aliphatic carbocycles. The van der Waals surface area contributed by atoms with Gasteiger partial charge in [-0.15, -0.1) is 0 Å². The zero-order chi connectivity index (χ0) is 13.8. The van der Waals surface area contributed by atoms with Crippen LogP contribution in [0.1, 0.15) is 17.2 Å². The Kier molecular flexibility index (Phi) is 4.06. The second-order valence-corrected chi connectivity index (χ2v) is 4.05. The zero-order valence-electron chi connectivity index (χ0n) is 10.7. The predicted octanol–water partition coefficient (Wildman–Crippen LogP) is 2.68. The molecule has 0 saturated heterocycles. The first-order valence-electron chi connectivity index (χ1n) is 5.77. The van der Waals surface area contributed by atoms with Crippen molar-refractivity contribution in [3.63, 3.8) is 0 Å². The first-order chi connectivity index (χ1) is 9.15. The van der Waals surface area contributed by atoms with Gasteiger partial charge in [0.1, 0.15) is 17.4 Å². The molecule has 0 aliphatic rings. The fraction of sp³-hybridized carbons (Fsp3) is 0.214. The van der Waals surface area contributed by atoms with E-state index in [4.69, 9.17) is 4.74 Å². The Morgan fingerprint density at radius 2 is 2.00 bits per heavy atom. The Hall–Kier alpha value is -2.01. The van der Waals surface area contributed by atoms with Gasteiger partial charge >= 0.3 is 0 Å². The summed E-state index contributed by atoms with van der Waals surface area (Å²) in [5.41, 5.74) is 1.10. The number of aromatic nitrogens is 1. The van der Waals surface area contributed by atoms with Gasteiger partial charge < -0.3 is 10.1 Å². The molecule has 1 aromatic heterocycles. The summed E-state index contributed by atoms with van der Waals surface area (Å²) in [5, 5.41) is 2.99. The normalized spacial score (nSPS) is 12.2. The second-order valence-electron chi connectivity index (χ2n) is 4.05. The van der Waals surface area contributed by atoms with Gasteiger partial charge in [0, 0.05) is 17.8 Å². The molecule has 0 spiro atoms. The van der Waals surface area contributed by atoms with Crippen molar-refractivity contribution in [3.05, 3.63) is 59.4 Å². The molecular formula is C14H14F2N2O. The minimum absolute atomic E-state index is 0.360. The second kappa shape index (κ2) is 5.75. The lowest BCUT2D eigenvalue weighted by Crippen LogP contribution is -2.19. The molecule has 0 radical (unpaired) electrons. The van der Waals surface area contributed by atoms with Crippen LogP contribution in [0, 0.1) is 11.6 Å². The lowest BCUT2D eigenvalue weighted by molar-refractivity contribution is 0.411. The maximum absolute atomic E-state index is 13.8. The van der Waals surface area contributed by atoms with Crippen molar-refractivity contribution < 1.29 is 13.5 Å². The van der Waals surface area contributed by atoms with E-state index in [-0.39, 0.29) is 0 Å². The van der Waals surface area contributed by atoms with Crippen LogP contribution in [0.15, 0.2) is 36.7 Å². The van der Waals surface area contributed by atoms with Crippen LogP contribution < -0.4 is 10.1 Å². The van der Waals surface area contributed by atoms with Crippen molar-refractivity contribution in [3.8, 4) is 5.75 Å². The van der Waals surface area contributed by atoms with E-state index in [1.54, 1.807) is 25.5 Å². The number of nitrogens with zero attached hydrogens (tertiary/aromatic N) is 1. The SMILES string of the molecule is CNC(c1cncc(OC)c1)c1ccc(F)cc1F. The molecule has 0 fully saturated rings. The van der Waals surface area contributed by atoms with Gasteiger partial charge in [0.05, 0.1) is 19.3 Å². The number of nitrogens with one attached hydrogen (secondary N) is 1. The molecule has 2 rings (SSSR count). The standard InChI is InChI=1S/C14H14F2N2O/c1-17-14(9-5-11(19-2)8-18-7-9)12-4-3-10(15)6-13(12)16/h3-8,14,17H,1-2H3. The highest BCUT2D eigenvalue weighted by molar-refractivity contribution is 5.34. The van der Waals surface area contributed by atoms with Gasteiger partial charge in [0.2, 0.25) is 0 Å². The van der Waals surface area contributed by atoms with Crippen LogP contribution in [0.4, 0.5) is 8.78 Å². The molecule has 3 nitrogen and oxygen atoms in total. The Morgan fingerprint density at radius 3 is 2.63 bits per heavy atom. The third-order valence-corrected chi connectivity index (χ3v) is 2.87. The average Bonchev–Trinajstić information content (AvgIpc) is 2.42. The quantitative estimate of drug-likeness (QED) is 0.922. The van der Waals surface area contributed by atoms with Crippen LogP contribution in [0.3, 0.4) is 0 Å². The molecule has 0 amide bonds. The molecule has 0 bridgehead atoms. The summed E-state index contributed by atoms with van der Waals surface area (Å²) in [6, 6.07) is 4.87. The van der Waals surface area contributed by atoms with E-state index >= 15 is 0 Å². The van der Waals surface area contributed by atoms with E-state index in [0.29, 0.717) is 11.3 Å². The summed E-state index contributed by atoms with van der Waals surface area (Å²) in [7, 11) is 3.24. The minimum Gasteiger partial charge on any atom is -0.495 e. The molecule has 1 N–H and O–H groups in total. The van der Waals surface area contributed by atoms with Crippen molar-refractivity contribution in [2.45, 2.75) is 6.04 Å². The van der Waals surface area contributed by atoms with E-state index in [1.807, 2.05) is 0 Å². The lowest BCUT2D eigenvalue weighted by Gasteiger charge is -2.18. The number of pyridine rings is 1. The van der Waals surface area contributed by atoms with E-state index in [1.165, 1.54) is 19.2 Å². The first-order valence-corrected chi connectivity index (χ1v) is 5.77. The summed E-state index contributed by atoms with van der Waals surface area (Å²) in [5.74, 6) is -0.609. The number of halogens is 2. The van der Waals surface area contributed by atoms with Crippen LogP contribution in [0.25, 0.3) is 0 Å². The zero-order valence-corrected chi connectivity index (χ0v) is 10.7. The Bertz CT molecular complexity index is 575. The Balaban J connectivity index is 2.43. The van der Waals surface area contributed by atoms with E-state index in [0.717, 1.165) is 11.6 Å². The van der Waals surface area contributed by atoms with Gasteiger partial charge in [-0.3, -0.25) is 4.98 Å². The van der Waals surface area contributed by atoms with E-state index in [9.17, 15) is 8.78 Å². The van der Waals surface area contributed by atoms with Crippen LogP contribution >= 0.6 is 0 Å². The molecule has 0 aliphatic heterocycles. The summed E-state index contributed by atoms with van der Waals surface area (Å²) in [4.78, 5) is 4.04. The molecule has 1 unspecified atom stereocenters. The third kappa shape index (κ3) is 2.88. The number of hydrogen-bond acceptors (Lipinski definition) is 3. The molecule has 0 saturated carbocycles. The number of hydrogen-bond donors (Lipinski definition) is 1. The molecule has 100 valence electrons. The van der Waals surface area contributed by atoms with Crippen LogP contribution in [0.2, 0.25) is 0 Å². The number of rotatable bonds is 4. The van der Waals surface area contributed by atoms with Crippen molar-refractivity contribution in [1.29, 1.82) is 0 Å². The third-order valence-electron chi connectivity index (χ3n) is 2.87. The summed E-state index contributed by atoms with van der Waals surface area (Å²) >= 11 is 0. The van der Waals surface area contributed by atoms with Crippen molar-refractivity contribution in [2.24, 2.45) is 0 Å². The Morgan fingerprint density at radius 1 is 1.21 bits per heavy atom. The molecule has 19 heavy (non-hydrogen) atoms. The molecule has 1 heterocycles. The molecule has 2 aromatic rings. The Labute approximate surface area is 110 Å². The summed E-state index contributed by atoms with van der Waals surface area (Å²) in [6.07, 6.45) is 3.18.